The predicted octanol–water partition coefficient (Wildman–Crippen LogP) is 2.30. The van der Waals surface area contributed by atoms with E-state index in [1.54, 1.807) is 11.3 Å². The largest absolute Gasteiger partial charge is 0.370 e. The molecule has 0 unspecified atom stereocenters. The summed E-state index contributed by atoms with van der Waals surface area (Å²) in [4.78, 5) is 9.75. The number of rotatable bonds is 5. The minimum atomic E-state index is 0. The zero-order chi connectivity index (χ0) is 12.0. The minimum absolute atomic E-state index is 0. The smallest absolute Gasteiger partial charge is 0.189 e. The van der Waals surface area contributed by atoms with Gasteiger partial charge in [0, 0.05) is 17.6 Å². The van der Waals surface area contributed by atoms with Crippen molar-refractivity contribution in [1.82, 2.24) is 10.3 Å². The van der Waals surface area contributed by atoms with Crippen LogP contribution in [0.4, 0.5) is 0 Å². The molecule has 17 heavy (non-hydrogen) atoms. The van der Waals surface area contributed by atoms with Crippen LogP contribution in [0.3, 0.4) is 0 Å². The van der Waals surface area contributed by atoms with E-state index < -0.39 is 0 Å². The maximum Gasteiger partial charge on any atom is 0.189 e. The molecule has 4 nitrogen and oxygen atoms in total. The average molecular weight is 366 g/mol. The molecule has 0 spiro atoms. The zero-order valence-electron chi connectivity index (χ0n) is 10.2. The van der Waals surface area contributed by atoms with Gasteiger partial charge in [0.25, 0.3) is 0 Å². The van der Waals surface area contributed by atoms with Crippen LogP contribution in [0.1, 0.15) is 23.7 Å². The lowest BCUT2D eigenvalue weighted by Gasteiger charge is -2.03. The SMILES string of the molecule is C=C(C)CNC(N)=NCc1ncc(CC)s1.I. The van der Waals surface area contributed by atoms with E-state index in [0.29, 0.717) is 19.0 Å². The van der Waals surface area contributed by atoms with E-state index in [1.165, 1.54) is 4.88 Å². The molecule has 0 aliphatic carbocycles. The van der Waals surface area contributed by atoms with Gasteiger partial charge in [0.1, 0.15) is 5.01 Å². The molecule has 0 aliphatic heterocycles. The number of aryl methyl sites for hydroxylation is 1. The highest BCUT2D eigenvalue weighted by atomic mass is 127. The Morgan fingerprint density at radius 1 is 1.65 bits per heavy atom. The van der Waals surface area contributed by atoms with Gasteiger partial charge in [-0.1, -0.05) is 19.1 Å². The van der Waals surface area contributed by atoms with E-state index in [2.05, 4.69) is 28.8 Å². The first-order valence-corrected chi connectivity index (χ1v) is 6.05. The number of halogens is 1. The second-order valence-electron chi connectivity index (χ2n) is 3.59. The summed E-state index contributed by atoms with van der Waals surface area (Å²) in [5, 5.41) is 3.98. The highest BCUT2D eigenvalue weighted by Gasteiger charge is 1.99. The van der Waals surface area contributed by atoms with E-state index in [1.807, 2.05) is 13.1 Å². The van der Waals surface area contributed by atoms with Gasteiger partial charge in [0.2, 0.25) is 0 Å². The molecule has 0 saturated heterocycles. The molecule has 3 N–H and O–H groups in total. The van der Waals surface area contributed by atoms with Gasteiger partial charge in [-0.25, -0.2) is 9.98 Å². The van der Waals surface area contributed by atoms with Crippen LogP contribution in [-0.2, 0) is 13.0 Å². The number of thiazole rings is 1. The molecule has 1 aromatic rings. The van der Waals surface area contributed by atoms with E-state index in [-0.39, 0.29) is 24.0 Å². The molecule has 0 fully saturated rings. The molecular formula is C11H19IN4S. The first-order chi connectivity index (χ1) is 7.61. The quantitative estimate of drug-likeness (QED) is 0.364. The number of nitrogens with zero attached hydrogens (tertiary/aromatic N) is 2. The second-order valence-corrected chi connectivity index (χ2v) is 4.79. The van der Waals surface area contributed by atoms with E-state index >= 15 is 0 Å². The molecule has 96 valence electrons. The monoisotopic (exact) mass is 366 g/mol. The molecule has 0 aliphatic rings. The van der Waals surface area contributed by atoms with Gasteiger partial charge in [0.15, 0.2) is 5.96 Å². The maximum absolute atomic E-state index is 5.68. The number of guanidine groups is 1. The third-order valence-corrected chi connectivity index (χ3v) is 3.03. The molecule has 0 atom stereocenters. The van der Waals surface area contributed by atoms with Crippen LogP contribution in [0.25, 0.3) is 0 Å². The number of aromatic nitrogens is 1. The summed E-state index contributed by atoms with van der Waals surface area (Å²) in [6.45, 7) is 9.03. The molecular weight excluding hydrogens is 347 g/mol. The first kappa shape index (κ1) is 16.4. The van der Waals surface area contributed by atoms with Gasteiger partial charge in [-0.2, -0.15) is 0 Å². The van der Waals surface area contributed by atoms with Crippen molar-refractivity contribution in [3.05, 3.63) is 28.2 Å². The Morgan fingerprint density at radius 3 is 2.88 bits per heavy atom. The Balaban J connectivity index is 0.00000256. The predicted molar refractivity (Wildman–Crippen MR) is 85.1 cm³/mol. The van der Waals surface area contributed by atoms with Crippen molar-refractivity contribution in [1.29, 1.82) is 0 Å². The lowest BCUT2D eigenvalue weighted by Crippen LogP contribution is -2.32. The van der Waals surface area contributed by atoms with E-state index in [0.717, 1.165) is 17.0 Å². The third kappa shape index (κ3) is 6.62. The molecule has 0 radical (unpaired) electrons. The summed E-state index contributed by atoms with van der Waals surface area (Å²) in [7, 11) is 0. The minimum Gasteiger partial charge on any atom is -0.370 e. The Labute approximate surface area is 123 Å². The number of nitrogens with two attached hydrogens (primary N) is 1. The van der Waals surface area contributed by atoms with Crippen molar-refractivity contribution in [2.24, 2.45) is 10.7 Å². The van der Waals surface area contributed by atoms with Crippen molar-refractivity contribution < 1.29 is 0 Å². The Morgan fingerprint density at radius 2 is 2.35 bits per heavy atom. The number of hydrogen-bond donors (Lipinski definition) is 2. The average Bonchev–Trinajstić information content (AvgIpc) is 2.71. The summed E-state index contributed by atoms with van der Waals surface area (Å²) in [5.74, 6) is 0.441. The van der Waals surface area contributed by atoms with Crippen molar-refractivity contribution in [3.8, 4) is 0 Å². The van der Waals surface area contributed by atoms with Crippen molar-refractivity contribution in [2.45, 2.75) is 26.8 Å². The summed E-state index contributed by atoms with van der Waals surface area (Å²) in [6, 6.07) is 0. The van der Waals surface area contributed by atoms with Crippen molar-refractivity contribution >= 4 is 41.3 Å². The molecule has 0 amide bonds. The van der Waals surface area contributed by atoms with Crippen LogP contribution in [-0.4, -0.2) is 17.5 Å². The normalized spacial score (nSPS) is 10.8. The van der Waals surface area contributed by atoms with Gasteiger partial charge < -0.3 is 11.1 Å². The summed E-state index contributed by atoms with van der Waals surface area (Å²) < 4.78 is 0. The fraction of sp³-hybridized carbons (Fsp3) is 0.455. The fourth-order valence-corrected chi connectivity index (χ4v) is 1.82. The number of nitrogens with one attached hydrogen (secondary N) is 1. The molecule has 0 aromatic carbocycles. The van der Waals surface area contributed by atoms with Gasteiger partial charge >= 0.3 is 0 Å². The first-order valence-electron chi connectivity index (χ1n) is 5.23. The third-order valence-electron chi connectivity index (χ3n) is 1.91. The van der Waals surface area contributed by atoms with Crippen LogP contribution in [0.2, 0.25) is 0 Å². The van der Waals surface area contributed by atoms with Crippen LogP contribution < -0.4 is 11.1 Å². The van der Waals surface area contributed by atoms with Gasteiger partial charge in [-0.05, 0) is 13.3 Å². The second kappa shape index (κ2) is 8.46. The maximum atomic E-state index is 5.68. The Bertz CT molecular complexity index is 387. The zero-order valence-corrected chi connectivity index (χ0v) is 13.3. The lowest BCUT2D eigenvalue weighted by atomic mass is 10.3. The number of hydrogen-bond acceptors (Lipinski definition) is 3. The van der Waals surface area contributed by atoms with Crippen molar-refractivity contribution in [3.63, 3.8) is 0 Å². The van der Waals surface area contributed by atoms with E-state index in [9.17, 15) is 0 Å². The van der Waals surface area contributed by atoms with Crippen LogP contribution in [0.15, 0.2) is 23.3 Å². The van der Waals surface area contributed by atoms with Crippen LogP contribution in [0, 0.1) is 0 Å². The summed E-state index contributed by atoms with van der Waals surface area (Å²) in [6.07, 6.45) is 2.91. The molecule has 0 bridgehead atoms. The molecule has 0 saturated carbocycles. The summed E-state index contributed by atoms with van der Waals surface area (Å²) >= 11 is 1.68. The van der Waals surface area contributed by atoms with Gasteiger partial charge in [0.05, 0.1) is 6.54 Å². The molecule has 1 rings (SSSR count). The number of aliphatic imine (C=N–C) groups is 1. The molecule has 6 heteroatoms. The molecule has 1 aromatic heterocycles. The van der Waals surface area contributed by atoms with Gasteiger partial charge in [-0.15, -0.1) is 35.3 Å². The van der Waals surface area contributed by atoms with Crippen molar-refractivity contribution in [2.75, 3.05) is 6.54 Å². The highest BCUT2D eigenvalue weighted by Crippen LogP contribution is 2.13. The van der Waals surface area contributed by atoms with Gasteiger partial charge in [-0.3, -0.25) is 0 Å². The van der Waals surface area contributed by atoms with Crippen LogP contribution >= 0.6 is 35.3 Å². The molecule has 1 heterocycles. The van der Waals surface area contributed by atoms with Crippen LogP contribution in [0.5, 0.6) is 0 Å². The fourth-order valence-electron chi connectivity index (χ4n) is 1.03. The summed E-state index contributed by atoms with van der Waals surface area (Å²) in [5.41, 5.74) is 6.71. The standard InChI is InChI=1S/C11H18N4S.HI/c1-4-9-6-13-10(16-9)7-15-11(12)14-5-8(2)3;/h6H,2,4-5,7H2,1,3H3,(H3,12,14,15);1H. The lowest BCUT2D eigenvalue weighted by molar-refractivity contribution is 0.935. The Kier molecular flexibility index (Phi) is 8.15. The topological polar surface area (TPSA) is 63.3 Å². The Hall–Kier alpha value is -0.630. The van der Waals surface area contributed by atoms with E-state index in [4.69, 9.17) is 5.73 Å². The highest BCUT2D eigenvalue weighted by molar-refractivity contribution is 14.0.